The summed E-state index contributed by atoms with van der Waals surface area (Å²) in [5, 5.41) is 9.61. The minimum Gasteiger partial charge on any atom is -0.381 e. The van der Waals surface area contributed by atoms with Crippen molar-refractivity contribution in [1.29, 1.82) is 0 Å². The highest BCUT2D eigenvalue weighted by Gasteiger charge is 2.03. The van der Waals surface area contributed by atoms with Crippen LogP contribution in [-0.4, -0.2) is 29.8 Å². The van der Waals surface area contributed by atoms with Crippen LogP contribution >= 0.6 is 0 Å². The Bertz CT molecular complexity index is 359. The van der Waals surface area contributed by atoms with Gasteiger partial charge in [0.05, 0.1) is 6.73 Å². The lowest BCUT2D eigenvalue weighted by Gasteiger charge is -2.19. The van der Waals surface area contributed by atoms with E-state index in [0.29, 0.717) is 0 Å². The van der Waals surface area contributed by atoms with Crippen LogP contribution in [0, 0.1) is 0 Å². The van der Waals surface area contributed by atoms with E-state index in [4.69, 9.17) is 0 Å². The molecule has 0 aliphatic rings. The van der Waals surface area contributed by atoms with Crippen molar-refractivity contribution < 1.29 is 5.11 Å². The van der Waals surface area contributed by atoms with Crippen molar-refractivity contribution in [3.63, 3.8) is 0 Å². The summed E-state index contributed by atoms with van der Waals surface area (Å²) in [6, 6.07) is 0. The summed E-state index contributed by atoms with van der Waals surface area (Å²) in [7, 11) is 0. The normalized spacial score (nSPS) is 11.7. The van der Waals surface area contributed by atoms with Crippen molar-refractivity contribution in [2.75, 3.05) is 19.8 Å². The van der Waals surface area contributed by atoms with Gasteiger partial charge in [0, 0.05) is 13.1 Å². The molecule has 0 fully saturated rings. The average molecular weight is 496 g/mol. The molecule has 0 spiro atoms. The number of aliphatic hydroxyl groups excluding tert-OH is 1. The summed E-state index contributed by atoms with van der Waals surface area (Å²) >= 11 is 0. The van der Waals surface area contributed by atoms with Gasteiger partial charge in [-0.15, -0.1) is 0 Å². The zero-order valence-electron chi connectivity index (χ0n) is 24.8. The molecular formula is C33H69NO. The minimum atomic E-state index is 0.246. The molecule has 0 unspecified atom stereocenters. The quantitative estimate of drug-likeness (QED) is 0.0763. The molecule has 2 nitrogen and oxygen atoms in total. The Hall–Kier alpha value is -0.0800. The average Bonchev–Trinajstić information content (AvgIpc) is 2.87. The summed E-state index contributed by atoms with van der Waals surface area (Å²) < 4.78 is 0. The van der Waals surface area contributed by atoms with Crippen molar-refractivity contribution >= 4 is 0 Å². The first-order valence-corrected chi connectivity index (χ1v) is 16.7. The van der Waals surface area contributed by atoms with Gasteiger partial charge >= 0.3 is 0 Å². The fourth-order valence-corrected chi connectivity index (χ4v) is 5.31. The van der Waals surface area contributed by atoms with Gasteiger partial charge in [0.1, 0.15) is 0 Å². The number of hydrogen-bond acceptors (Lipinski definition) is 2. The molecule has 0 aliphatic carbocycles. The summed E-state index contributed by atoms with van der Waals surface area (Å²) in [4.78, 5) is 2.26. The van der Waals surface area contributed by atoms with Crippen molar-refractivity contribution in [3.05, 3.63) is 0 Å². The van der Waals surface area contributed by atoms with Crippen molar-refractivity contribution in [2.45, 2.75) is 194 Å². The molecule has 212 valence electrons. The zero-order chi connectivity index (χ0) is 25.5. The second-order valence-corrected chi connectivity index (χ2v) is 11.5. The third-order valence-electron chi connectivity index (χ3n) is 7.86. The number of aliphatic hydroxyl groups is 1. The maximum absolute atomic E-state index is 9.61. The standard InChI is InChI=1S/C33H69NO/c1-3-5-7-9-11-13-14-15-16-17-18-19-20-21-22-23-24-26-28-30-32-34(33-35)31-29-27-25-12-10-8-6-4-2/h35H,3-33H2,1-2H3. The van der Waals surface area contributed by atoms with Crippen molar-refractivity contribution in [2.24, 2.45) is 0 Å². The van der Waals surface area contributed by atoms with E-state index in [1.54, 1.807) is 0 Å². The minimum absolute atomic E-state index is 0.246. The van der Waals surface area contributed by atoms with E-state index >= 15 is 0 Å². The lowest BCUT2D eigenvalue weighted by molar-refractivity contribution is 0.103. The van der Waals surface area contributed by atoms with Crippen LogP contribution in [0.25, 0.3) is 0 Å². The third-order valence-corrected chi connectivity index (χ3v) is 7.86. The molecule has 0 aromatic carbocycles. The molecular weight excluding hydrogens is 426 g/mol. The van der Waals surface area contributed by atoms with Crippen LogP contribution in [0.5, 0.6) is 0 Å². The molecule has 35 heavy (non-hydrogen) atoms. The van der Waals surface area contributed by atoms with Crippen molar-refractivity contribution in [3.8, 4) is 0 Å². The van der Waals surface area contributed by atoms with Crippen LogP contribution in [0.4, 0.5) is 0 Å². The highest BCUT2D eigenvalue weighted by molar-refractivity contribution is 4.56. The second-order valence-electron chi connectivity index (χ2n) is 11.5. The topological polar surface area (TPSA) is 23.5 Å². The highest BCUT2D eigenvalue weighted by atomic mass is 16.3. The van der Waals surface area contributed by atoms with Gasteiger partial charge in [0.15, 0.2) is 0 Å². The summed E-state index contributed by atoms with van der Waals surface area (Å²) in [5.41, 5.74) is 0. The van der Waals surface area contributed by atoms with E-state index in [-0.39, 0.29) is 6.73 Å². The van der Waals surface area contributed by atoms with Gasteiger partial charge in [-0.05, 0) is 12.8 Å². The molecule has 0 aromatic heterocycles. The Labute approximate surface area is 223 Å². The maximum Gasteiger partial charge on any atom is 0.0956 e. The van der Waals surface area contributed by atoms with E-state index < -0.39 is 0 Å². The molecule has 0 heterocycles. The van der Waals surface area contributed by atoms with Gasteiger partial charge in [-0.3, -0.25) is 4.90 Å². The van der Waals surface area contributed by atoms with Crippen molar-refractivity contribution in [1.82, 2.24) is 4.90 Å². The van der Waals surface area contributed by atoms with Gasteiger partial charge in [0.2, 0.25) is 0 Å². The number of unbranched alkanes of at least 4 members (excludes halogenated alkanes) is 26. The molecule has 0 rings (SSSR count). The van der Waals surface area contributed by atoms with E-state index in [2.05, 4.69) is 18.7 Å². The van der Waals surface area contributed by atoms with Gasteiger partial charge in [-0.1, -0.05) is 181 Å². The predicted molar refractivity (Wildman–Crippen MR) is 159 cm³/mol. The van der Waals surface area contributed by atoms with Crippen LogP contribution in [0.15, 0.2) is 0 Å². The van der Waals surface area contributed by atoms with Gasteiger partial charge in [0.25, 0.3) is 0 Å². The second kappa shape index (κ2) is 31.9. The summed E-state index contributed by atoms with van der Waals surface area (Å²) in [6.07, 6.45) is 39.6. The molecule has 0 radical (unpaired) electrons. The highest BCUT2D eigenvalue weighted by Crippen LogP contribution is 2.15. The Balaban J connectivity index is 3.20. The van der Waals surface area contributed by atoms with Crippen LogP contribution in [0.3, 0.4) is 0 Å². The van der Waals surface area contributed by atoms with Gasteiger partial charge < -0.3 is 5.11 Å². The summed E-state index contributed by atoms with van der Waals surface area (Å²) in [6.45, 7) is 7.01. The smallest absolute Gasteiger partial charge is 0.0956 e. The molecule has 0 saturated carbocycles. The summed E-state index contributed by atoms with van der Waals surface area (Å²) in [5.74, 6) is 0. The fraction of sp³-hybridized carbons (Fsp3) is 1.00. The van der Waals surface area contributed by atoms with Crippen LogP contribution < -0.4 is 0 Å². The van der Waals surface area contributed by atoms with Crippen LogP contribution in [0.1, 0.15) is 194 Å². The van der Waals surface area contributed by atoms with Crippen LogP contribution in [0.2, 0.25) is 0 Å². The Morgan fingerprint density at radius 3 is 0.714 bits per heavy atom. The Morgan fingerprint density at radius 1 is 0.314 bits per heavy atom. The lowest BCUT2D eigenvalue weighted by atomic mass is 10.0. The zero-order valence-corrected chi connectivity index (χ0v) is 24.8. The van der Waals surface area contributed by atoms with E-state index in [1.165, 1.54) is 180 Å². The molecule has 0 amide bonds. The number of nitrogens with zero attached hydrogens (tertiary/aromatic N) is 1. The fourth-order valence-electron chi connectivity index (χ4n) is 5.31. The third kappa shape index (κ3) is 30.0. The first-order chi connectivity index (χ1) is 17.3. The predicted octanol–water partition coefficient (Wildman–Crippen LogP) is 11.2. The molecule has 1 N–H and O–H groups in total. The first kappa shape index (κ1) is 34.9. The molecule has 0 saturated heterocycles. The maximum atomic E-state index is 9.61. The van der Waals surface area contributed by atoms with Gasteiger partial charge in [-0.2, -0.15) is 0 Å². The first-order valence-electron chi connectivity index (χ1n) is 16.7. The number of hydrogen-bond donors (Lipinski definition) is 1. The molecule has 0 atom stereocenters. The van der Waals surface area contributed by atoms with Gasteiger partial charge in [-0.25, -0.2) is 0 Å². The molecule has 0 bridgehead atoms. The van der Waals surface area contributed by atoms with E-state index in [9.17, 15) is 5.11 Å². The van der Waals surface area contributed by atoms with E-state index in [0.717, 1.165) is 13.1 Å². The van der Waals surface area contributed by atoms with Crippen LogP contribution in [-0.2, 0) is 0 Å². The Kier molecular flexibility index (Phi) is 31.9. The molecule has 0 aromatic rings. The number of rotatable bonds is 31. The SMILES string of the molecule is CCCCCCCCCCCCCCCCCCCCCCN(CO)CCCCCCCCCC. The largest absolute Gasteiger partial charge is 0.381 e. The Morgan fingerprint density at radius 2 is 0.514 bits per heavy atom. The monoisotopic (exact) mass is 496 g/mol. The molecule has 2 heteroatoms. The lowest BCUT2D eigenvalue weighted by Crippen LogP contribution is -2.27. The van der Waals surface area contributed by atoms with E-state index in [1.807, 2.05) is 0 Å². The molecule has 0 aliphatic heterocycles.